The molecule has 3 fully saturated rings. The minimum atomic E-state index is -0.996. The zero-order valence-electron chi connectivity index (χ0n) is 10.2. The third-order valence-electron chi connectivity index (χ3n) is 5.19. The van der Waals surface area contributed by atoms with E-state index >= 15 is 0 Å². The SMILES string of the molecule is CC(=O)O[C@]12CCCC1C1(O)C(O)CCCC12. The molecule has 0 bridgehead atoms. The summed E-state index contributed by atoms with van der Waals surface area (Å²) in [5.74, 6) is -0.381. The standard InChI is InChI=1S/C13H20O4/c1-8(14)17-12-7-3-5-10(12)13(16)9(12)4-2-6-11(13)15/h9-11,15-16H,2-7H2,1H3/t9?,10?,11?,12-,13?/m0/s1. The van der Waals surface area contributed by atoms with Crippen LogP contribution in [0.1, 0.15) is 45.4 Å². The van der Waals surface area contributed by atoms with E-state index in [4.69, 9.17) is 4.74 Å². The molecular weight excluding hydrogens is 220 g/mol. The lowest BCUT2D eigenvalue weighted by Gasteiger charge is -2.66. The zero-order chi connectivity index (χ0) is 12.3. The Bertz CT molecular complexity index is 355. The molecule has 4 heteroatoms. The summed E-state index contributed by atoms with van der Waals surface area (Å²) in [6.07, 6.45) is 4.46. The van der Waals surface area contributed by atoms with Crippen molar-refractivity contribution in [3.8, 4) is 0 Å². The fourth-order valence-electron chi connectivity index (χ4n) is 4.73. The topological polar surface area (TPSA) is 66.8 Å². The van der Waals surface area contributed by atoms with E-state index in [2.05, 4.69) is 0 Å². The Kier molecular flexibility index (Phi) is 2.33. The van der Waals surface area contributed by atoms with Gasteiger partial charge < -0.3 is 14.9 Å². The number of hydrogen-bond donors (Lipinski definition) is 2. The lowest BCUT2D eigenvalue weighted by molar-refractivity contribution is -0.325. The Morgan fingerprint density at radius 2 is 1.88 bits per heavy atom. The molecule has 0 aliphatic heterocycles. The largest absolute Gasteiger partial charge is 0.458 e. The van der Waals surface area contributed by atoms with Gasteiger partial charge in [0.05, 0.1) is 6.10 Å². The summed E-state index contributed by atoms with van der Waals surface area (Å²) in [6, 6.07) is 0. The third-order valence-corrected chi connectivity index (χ3v) is 5.19. The molecule has 3 aliphatic carbocycles. The molecule has 3 saturated carbocycles. The van der Waals surface area contributed by atoms with Gasteiger partial charge in [-0.05, 0) is 32.1 Å². The monoisotopic (exact) mass is 240 g/mol. The van der Waals surface area contributed by atoms with E-state index in [-0.39, 0.29) is 17.8 Å². The first kappa shape index (κ1) is 11.5. The molecule has 0 spiro atoms. The van der Waals surface area contributed by atoms with Crippen molar-refractivity contribution < 1.29 is 19.7 Å². The highest BCUT2D eigenvalue weighted by molar-refractivity contribution is 5.67. The number of carbonyl (C=O) groups excluding carboxylic acids is 1. The predicted molar refractivity (Wildman–Crippen MR) is 60.1 cm³/mol. The minimum Gasteiger partial charge on any atom is -0.458 e. The van der Waals surface area contributed by atoms with E-state index in [0.717, 1.165) is 32.1 Å². The van der Waals surface area contributed by atoms with Crippen molar-refractivity contribution in [3.63, 3.8) is 0 Å². The molecule has 0 radical (unpaired) electrons. The summed E-state index contributed by atoms with van der Waals surface area (Å²) in [7, 11) is 0. The number of aliphatic hydroxyl groups is 2. The molecule has 5 atom stereocenters. The number of ether oxygens (including phenoxy) is 1. The summed E-state index contributed by atoms with van der Waals surface area (Å²) in [5, 5.41) is 20.8. The van der Waals surface area contributed by atoms with E-state index in [1.165, 1.54) is 6.92 Å². The van der Waals surface area contributed by atoms with Gasteiger partial charge in [0.2, 0.25) is 0 Å². The van der Waals surface area contributed by atoms with Crippen LogP contribution in [0.25, 0.3) is 0 Å². The molecule has 0 heterocycles. The second-order valence-corrected chi connectivity index (χ2v) is 5.88. The zero-order valence-corrected chi connectivity index (χ0v) is 10.2. The summed E-state index contributed by atoms with van der Waals surface area (Å²) in [4.78, 5) is 11.3. The molecule has 0 aromatic rings. The molecule has 17 heavy (non-hydrogen) atoms. The fraction of sp³-hybridized carbons (Fsp3) is 0.923. The third kappa shape index (κ3) is 1.23. The van der Waals surface area contributed by atoms with Crippen molar-refractivity contribution in [1.29, 1.82) is 0 Å². The molecule has 2 N–H and O–H groups in total. The average molecular weight is 240 g/mol. The van der Waals surface area contributed by atoms with Crippen LogP contribution in [0.4, 0.5) is 0 Å². The highest BCUT2D eigenvalue weighted by Gasteiger charge is 2.76. The van der Waals surface area contributed by atoms with Crippen molar-refractivity contribution in [2.24, 2.45) is 11.8 Å². The number of fused-ring (bicyclic) bond motifs is 4. The molecular formula is C13H20O4. The van der Waals surface area contributed by atoms with E-state index in [0.29, 0.717) is 6.42 Å². The average Bonchev–Trinajstić information content (AvgIpc) is 2.62. The highest BCUT2D eigenvalue weighted by Crippen LogP contribution is 2.66. The second-order valence-electron chi connectivity index (χ2n) is 5.88. The molecule has 0 aromatic heterocycles. The van der Waals surface area contributed by atoms with Crippen LogP contribution in [-0.2, 0) is 9.53 Å². The summed E-state index contributed by atoms with van der Waals surface area (Å²) < 4.78 is 5.57. The van der Waals surface area contributed by atoms with E-state index in [9.17, 15) is 15.0 Å². The van der Waals surface area contributed by atoms with Gasteiger partial charge in [-0.15, -0.1) is 0 Å². The molecule has 96 valence electrons. The van der Waals surface area contributed by atoms with Crippen LogP contribution in [0.2, 0.25) is 0 Å². The van der Waals surface area contributed by atoms with Crippen molar-refractivity contribution in [2.45, 2.75) is 62.8 Å². The fourth-order valence-corrected chi connectivity index (χ4v) is 4.73. The minimum absolute atomic E-state index is 0.0563. The highest BCUT2D eigenvalue weighted by atomic mass is 16.6. The maximum absolute atomic E-state index is 11.3. The first-order valence-electron chi connectivity index (χ1n) is 6.62. The van der Waals surface area contributed by atoms with Crippen LogP contribution in [0.5, 0.6) is 0 Å². The van der Waals surface area contributed by atoms with Crippen LogP contribution in [0, 0.1) is 11.8 Å². The summed E-state index contributed by atoms with van der Waals surface area (Å²) in [6.45, 7) is 1.43. The second kappa shape index (κ2) is 3.45. The number of esters is 1. The smallest absolute Gasteiger partial charge is 0.303 e. The van der Waals surface area contributed by atoms with Crippen molar-refractivity contribution in [1.82, 2.24) is 0 Å². The number of carbonyl (C=O) groups is 1. The Morgan fingerprint density at radius 1 is 1.24 bits per heavy atom. The lowest BCUT2D eigenvalue weighted by atomic mass is 9.46. The van der Waals surface area contributed by atoms with Gasteiger partial charge in [0.15, 0.2) is 0 Å². The van der Waals surface area contributed by atoms with Gasteiger partial charge in [-0.3, -0.25) is 4.79 Å². The van der Waals surface area contributed by atoms with Gasteiger partial charge >= 0.3 is 5.97 Å². The predicted octanol–water partition coefficient (Wildman–Crippen LogP) is 0.994. The maximum atomic E-state index is 11.3. The van der Waals surface area contributed by atoms with Crippen LogP contribution in [0.3, 0.4) is 0 Å². The summed E-state index contributed by atoms with van der Waals surface area (Å²) >= 11 is 0. The Balaban J connectivity index is 1.93. The van der Waals surface area contributed by atoms with Crippen LogP contribution in [-0.4, -0.2) is 33.5 Å². The van der Waals surface area contributed by atoms with Gasteiger partial charge in [-0.2, -0.15) is 0 Å². The van der Waals surface area contributed by atoms with Gasteiger partial charge in [-0.25, -0.2) is 0 Å². The van der Waals surface area contributed by atoms with E-state index < -0.39 is 17.3 Å². The Morgan fingerprint density at radius 3 is 2.53 bits per heavy atom. The molecule has 0 saturated heterocycles. The molecule has 4 unspecified atom stereocenters. The first-order valence-corrected chi connectivity index (χ1v) is 6.62. The van der Waals surface area contributed by atoms with Gasteiger partial charge in [0.1, 0.15) is 11.2 Å². The molecule has 3 aliphatic rings. The summed E-state index contributed by atoms with van der Waals surface area (Å²) in [5.41, 5.74) is -1.47. The number of hydrogen-bond acceptors (Lipinski definition) is 4. The van der Waals surface area contributed by atoms with Gasteiger partial charge in [-0.1, -0.05) is 6.42 Å². The number of rotatable bonds is 1. The van der Waals surface area contributed by atoms with Crippen LogP contribution >= 0.6 is 0 Å². The first-order chi connectivity index (χ1) is 8.02. The molecule has 0 amide bonds. The number of aliphatic hydroxyl groups excluding tert-OH is 1. The van der Waals surface area contributed by atoms with Crippen molar-refractivity contribution in [3.05, 3.63) is 0 Å². The quantitative estimate of drug-likeness (QED) is 0.671. The van der Waals surface area contributed by atoms with Gasteiger partial charge in [0, 0.05) is 18.8 Å². The Labute approximate surface area is 101 Å². The lowest BCUT2D eigenvalue weighted by Crippen LogP contribution is -2.78. The normalized spacial score (nSPS) is 52.3. The molecule has 3 rings (SSSR count). The Hall–Kier alpha value is -0.610. The van der Waals surface area contributed by atoms with Crippen molar-refractivity contribution in [2.75, 3.05) is 0 Å². The molecule has 4 nitrogen and oxygen atoms in total. The van der Waals surface area contributed by atoms with E-state index in [1.807, 2.05) is 0 Å². The maximum Gasteiger partial charge on any atom is 0.303 e. The molecule has 0 aromatic carbocycles. The van der Waals surface area contributed by atoms with Gasteiger partial charge in [0.25, 0.3) is 0 Å². The van der Waals surface area contributed by atoms with Crippen LogP contribution in [0.15, 0.2) is 0 Å². The van der Waals surface area contributed by atoms with Crippen LogP contribution < -0.4 is 0 Å². The van der Waals surface area contributed by atoms with E-state index in [1.54, 1.807) is 0 Å². The van der Waals surface area contributed by atoms with Crippen molar-refractivity contribution >= 4 is 5.97 Å².